The molecule has 0 aromatic carbocycles. The summed E-state index contributed by atoms with van der Waals surface area (Å²) in [5.41, 5.74) is 6.06. The third-order valence-electron chi connectivity index (χ3n) is 2.44. The monoisotopic (exact) mass is 206 g/mol. The number of nitrogen functional groups attached to an aromatic ring is 1. The van der Waals surface area contributed by atoms with E-state index in [0.717, 1.165) is 26.2 Å². The zero-order valence-corrected chi connectivity index (χ0v) is 8.44. The summed E-state index contributed by atoms with van der Waals surface area (Å²) in [6, 6.07) is 3.36. The number of nitrogens with one attached hydrogen (secondary N) is 1. The normalized spacial score (nSPS) is 16.4. The first-order valence-electron chi connectivity index (χ1n) is 4.99. The fraction of sp³-hybridized carbons (Fsp3) is 0.400. The Kier molecular flexibility index (Phi) is 2.82. The summed E-state index contributed by atoms with van der Waals surface area (Å²) in [5.74, 6) is 0.468. The fourth-order valence-corrected chi connectivity index (χ4v) is 1.58. The van der Waals surface area contributed by atoms with Gasteiger partial charge in [0.15, 0.2) is 0 Å². The quantitative estimate of drug-likeness (QED) is 0.662. The Morgan fingerprint density at radius 2 is 2.13 bits per heavy atom. The van der Waals surface area contributed by atoms with Crippen LogP contribution < -0.4 is 11.1 Å². The number of hydrogen-bond donors (Lipinski definition) is 2. The number of rotatable bonds is 1. The summed E-state index contributed by atoms with van der Waals surface area (Å²) >= 11 is 0. The lowest BCUT2D eigenvalue weighted by Gasteiger charge is -2.27. The highest BCUT2D eigenvalue weighted by Crippen LogP contribution is 2.06. The van der Waals surface area contributed by atoms with E-state index in [1.54, 1.807) is 12.1 Å². The second kappa shape index (κ2) is 4.27. The Labute approximate surface area is 88.3 Å². The molecule has 1 aromatic rings. The number of aromatic nitrogens is 1. The highest BCUT2D eigenvalue weighted by Gasteiger charge is 2.17. The van der Waals surface area contributed by atoms with E-state index in [0.29, 0.717) is 11.4 Å². The Hall–Kier alpha value is -1.62. The molecule has 0 saturated carbocycles. The van der Waals surface area contributed by atoms with Crippen molar-refractivity contribution in [3.05, 3.63) is 23.9 Å². The molecule has 0 spiro atoms. The van der Waals surface area contributed by atoms with Crippen LogP contribution in [0.2, 0.25) is 0 Å². The van der Waals surface area contributed by atoms with Crippen LogP contribution in [0.4, 0.5) is 5.82 Å². The van der Waals surface area contributed by atoms with E-state index in [1.165, 1.54) is 6.20 Å². The number of carbonyl (C=O) groups excluding carboxylic acids is 1. The van der Waals surface area contributed by atoms with Gasteiger partial charge in [-0.25, -0.2) is 4.98 Å². The van der Waals surface area contributed by atoms with Gasteiger partial charge in [-0.05, 0) is 12.1 Å². The molecule has 5 nitrogen and oxygen atoms in total. The molecule has 0 atom stereocenters. The molecular formula is C10H14N4O. The molecule has 5 heteroatoms. The standard InChI is InChI=1S/C10H14N4O/c11-9-2-1-8(7-13-9)10(15)14-5-3-12-4-6-14/h1-2,7,12H,3-6H2,(H2,11,13). The van der Waals surface area contributed by atoms with Crippen LogP contribution in [0.5, 0.6) is 0 Å². The SMILES string of the molecule is Nc1ccc(C(=O)N2CCNCC2)cn1. The minimum atomic E-state index is 0.0315. The maximum atomic E-state index is 11.9. The predicted molar refractivity (Wildman–Crippen MR) is 57.4 cm³/mol. The van der Waals surface area contributed by atoms with Crippen molar-refractivity contribution >= 4 is 11.7 Å². The van der Waals surface area contributed by atoms with Crippen LogP contribution in [-0.4, -0.2) is 42.0 Å². The molecule has 1 amide bonds. The average molecular weight is 206 g/mol. The van der Waals surface area contributed by atoms with Crippen molar-refractivity contribution in [3.8, 4) is 0 Å². The maximum Gasteiger partial charge on any atom is 0.255 e. The molecule has 0 unspecified atom stereocenters. The van der Waals surface area contributed by atoms with Gasteiger partial charge in [0.1, 0.15) is 5.82 Å². The van der Waals surface area contributed by atoms with Gasteiger partial charge in [0, 0.05) is 32.4 Å². The van der Waals surface area contributed by atoms with Crippen molar-refractivity contribution < 1.29 is 4.79 Å². The smallest absolute Gasteiger partial charge is 0.255 e. The van der Waals surface area contributed by atoms with E-state index in [2.05, 4.69) is 10.3 Å². The summed E-state index contributed by atoms with van der Waals surface area (Å²) in [6.45, 7) is 3.22. The first-order valence-corrected chi connectivity index (χ1v) is 4.99. The number of carbonyl (C=O) groups is 1. The summed E-state index contributed by atoms with van der Waals surface area (Å²) in [6.07, 6.45) is 1.53. The van der Waals surface area contributed by atoms with Crippen LogP contribution >= 0.6 is 0 Å². The molecule has 15 heavy (non-hydrogen) atoms. The van der Waals surface area contributed by atoms with Crippen molar-refractivity contribution in [2.45, 2.75) is 0 Å². The molecule has 1 aliphatic heterocycles. The van der Waals surface area contributed by atoms with E-state index in [-0.39, 0.29) is 5.91 Å². The van der Waals surface area contributed by atoms with E-state index in [4.69, 9.17) is 5.73 Å². The molecule has 1 saturated heterocycles. The van der Waals surface area contributed by atoms with Gasteiger partial charge in [-0.1, -0.05) is 0 Å². The molecule has 2 rings (SSSR count). The first-order chi connectivity index (χ1) is 7.27. The molecule has 80 valence electrons. The fourth-order valence-electron chi connectivity index (χ4n) is 1.58. The molecule has 0 bridgehead atoms. The summed E-state index contributed by atoms with van der Waals surface area (Å²) in [5, 5.41) is 3.20. The summed E-state index contributed by atoms with van der Waals surface area (Å²) in [4.78, 5) is 17.7. The Morgan fingerprint density at radius 3 is 2.73 bits per heavy atom. The summed E-state index contributed by atoms with van der Waals surface area (Å²) in [7, 11) is 0. The number of nitrogens with two attached hydrogens (primary N) is 1. The van der Waals surface area contributed by atoms with Gasteiger partial charge in [-0.2, -0.15) is 0 Å². The summed E-state index contributed by atoms with van der Waals surface area (Å²) < 4.78 is 0. The van der Waals surface area contributed by atoms with Crippen LogP contribution in [-0.2, 0) is 0 Å². The lowest BCUT2D eigenvalue weighted by atomic mass is 10.2. The van der Waals surface area contributed by atoms with Gasteiger partial charge < -0.3 is 16.0 Å². The van der Waals surface area contributed by atoms with Gasteiger partial charge in [0.25, 0.3) is 5.91 Å². The van der Waals surface area contributed by atoms with Gasteiger partial charge >= 0.3 is 0 Å². The Bertz CT molecular complexity index is 343. The second-order valence-electron chi connectivity index (χ2n) is 3.51. The third-order valence-corrected chi connectivity index (χ3v) is 2.44. The maximum absolute atomic E-state index is 11.9. The molecule has 1 aromatic heterocycles. The Morgan fingerprint density at radius 1 is 1.40 bits per heavy atom. The number of pyridine rings is 1. The zero-order valence-electron chi connectivity index (χ0n) is 8.44. The van der Waals surface area contributed by atoms with Crippen molar-refractivity contribution in [2.24, 2.45) is 0 Å². The molecule has 0 radical (unpaired) electrons. The van der Waals surface area contributed by atoms with Gasteiger partial charge in [-0.15, -0.1) is 0 Å². The van der Waals surface area contributed by atoms with Crippen LogP contribution in [0.3, 0.4) is 0 Å². The molecule has 3 N–H and O–H groups in total. The first kappa shape index (κ1) is 9.92. The van der Waals surface area contributed by atoms with Crippen molar-refractivity contribution in [1.29, 1.82) is 0 Å². The van der Waals surface area contributed by atoms with E-state index < -0.39 is 0 Å². The molecule has 2 heterocycles. The molecule has 1 aliphatic rings. The Balaban J connectivity index is 2.09. The molecule has 1 fully saturated rings. The van der Waals surface area contributed by atoms with Crippen LogP contribution in [0.1, 0.15) is 10.4 Å². The number of anilines is 1. The molecule has 0 aliphatic carbocycles. The third kappa shape index (κ3) is 2.24. The van der Waals surface area contributed by atoms with Crippen molar-refractivity contribution in [1.82, 2.24) is 15.2 Å². The van der Waals surface area contributed by atoms with Gasteiger partial charge in [0.2, 0.25) is 0 Å². The van der Waals surface area contributed by atoms with E-state index >= 15 is 0 Å². The number of amides is 1. The minimum Gasteiger partial charge on any atom is -0.384 e. The van der Waals surface area contributed by atoms with Crippen LogP contribution in [0.15, 0.2) is 18.3 Å². The average Bonchev–Trinajstić information content (AvgIpc) is 2.30. The highest BCUT2D eigenvalue weighted by atomic mass is 16.2. The van der Waals surface area contributed by atoms with Crippen molar-refractivity contribution in [3.63, 3.8) is 0 Å². The lowest BCUT2D eigenvalue weighted by molar-refractivity contribution is 0.0735. The topological polar surface area (TPSA) is 71.2 Å². The minimum absolute atomic E-state index is 0.0315. The second-order valence-corrected chi connectivity index (χ2v) is 3.51. The lowest BCUT2D eigenvalue weighted by Crippen LogP contribution is -2.46. The van der Waals surface area contributed by atoms with E-state index in [1.807, 2.05) is 4.90 Å². The number of piperazine rings is 1. The van der Waals surface area contributed by atoms with Crippen LogP contribution in [0.25, 0.3) is 0 Å². The largest absolute Gasteiger partial charge is 0.384 e. The highest BCUT2D eigenvalue weighted by molar-refractivity contribution is 5.94. The van der Waals surface area contributed by atoms with Gasteiger partial charge in [-0.3, -0.25) is 4.79 Å². The molecular weight excluding hydrogens is 192 g/mol. The van der Waals surface area contributed by atoms with E-state index in [9.17, 15) is 4.79 Å². The van der Waals surface area contributed by atoms with Gasteiger partial charge in [0.05, 0.1) is 5.56 Å². The predicted octanol–water partition coefficient (Wildman–Crippen LogP) is -0.291. The zero-order chi connectivity index (χ0) is 10.7. The van der Waals surface area contributed by atoms with Crippen LogP contribution in [0, 0.1) is 0 Å². The number of nitrogens with zero attached hydrogens (tertiary/aromatic N) is 2. The van der Waals surface area contributed by atoms with Crippen molar-refractivity contribution in [2.75, 3.05) is 31.9 Å². The number of hydrogen-bond acceptors (Lipinski definition) is 4.